The third-order valence-corrected chi connectivity index (χ3v) is 5.68. The number of hydrogen-bond donors (Lipinski definition) is 1. The molecule has 8 heteroatoms. The first kappa shape index (κ1) is 24.5. The van der Waals surface area contributed by atoms with Crippen LogP contribution in [-0.2, 0) is 11.3 Å². The van der Waals surface area contributed by atoms with Gasteiger partial charge in [0.05, 0.1) is 24.4 Å². The molecule has 0 radical (unpaired) electrons. The molecule has 0 saturated carbocycles. The number of carboxylic acid groups (broad SMARTS) is 1. The maximum Gasteiger partial charge on any atom is 0.336 e. The number of ether oxygens (including phenoxy) is 1. The molecule has 1 N–H and O–H groups in total. The van der Waals surface area contributed by atoms with E-state index in [2.05, 4.69) is 16.8 Å². The average molecular weight is 488 g/mol. The fraction of sp³-hybridized carbons (Fsp3) is 0.107. The van der Waals surface area contributed by atoms with Crippen molar-refractivity contribution in [2.75, 3.05) is 6.54 Å². The van der Waals surface area contributed by atoms with Gasteiger partial charge in [-0.05, 0) is 84.8 Å². The van der Waals surface area contributed by atoms with E-state index in [0.29, 0.717) is 40.6 Å². The van der Waals surface area contributed by atoms with Gasteiger partial charge in [0.25, 0.3) is 0 Å². The first-order valence-electron chi connectivity index (χ1n) is 11.1. The Bertz CT molecular complexity index is 1360. The van der Waals surface area contributed by atoms with E-state index in [1.807, 2.05) is 12.1 Å². The number of carboxylic acids is 1. The van der Waals surface area contributed by atoms with Crippen LogP contribution in [0.1, 0.15) is 18.1 Å². The highest BCUT2D eigenvalue weighted by Crippen LogP contribution is 2.27. The van der Waals surface area contributed by atoms with Gasteiger partial charge in [-0.2, -0.15) is 5.10 Å². The van der Waals surface area contributed by atoms with Crippen molar-refractivity contribution in [3.8, 4) is 11.5 Å². The molecule has 1 aliphatic heterocycles. The average Bonchev–Trinajstić information content (AvgIpc) is 2.89. The topological polar surface area (TPSA) is 74.5 Å². The van der Waals surface area contributed by atoms with Crippen LogP contribution in [-0.4, -0.2) is 35.1 Å². The summed E-state index contributed by atoms with van der Waals surface area (Å²) < 4.78 is 32.1. The number of halogens is 2. The molecule has 0 atom stereocenters. The Hall–Kier alpha value is -4.59. The summed E-state index contributed by atoms with van der Waals surface area (Å²) in [7, 11) is 0. The van der Waals surface area contributed by atoms with Gasteiger partial charge in [0.1, 0.15) is 23.1 Å². The van der Waals surface area contributed by atoms with Crippen molar-refractivity contribution in [1.82, 2.24) is 5.01 Å². The number of rotatable bonds is 8. The quantitative estimate of drug-likeness (QED) is 0.314. The molecule has 182 valence electrons. The van der Waals surface area contributed by atoms with Crippen molar-refractivity contribution >= 4 is 18.4 Å². The lowest BCUT2D eigenvalue weighted by molar-refractivity contribution is -0.132. The molecule has 0 unspecified atom stereocenters. The van der Waals surface area contributed by atoms with Gasteiger partial charge in [0, 0.05) is 18.0 Å². The van der Waals surface area contributed by atoms with Crippen LogP contribution in [0, 0.1) is 11.6 Å². The fourth-order valence-electron chi connectivity index (χ4n) is 3.72. The van der Waals surface area contributed by atoms with Crippen molar-refractivity contribution in [3.05, 3.63) is 118 Å². The number of benzene rings is 3. The van der Waals surface area contributed by atoms with E-state index in [9.17, 15) is 18.7 Å². The zero-order valence-corrected chi connectivity index (χ0v) is 19.5. The summed E-state index contributed by atoms with van der Waals surface area (Å²) in [6.07, 6.45) is 1.49. The Balaban J connectivity index is 1.52. The Labute approximate surface area is 207 Å². The number of hydrogen-bond acceptors (Lipinski definition) is 5. The van der Waals surface area contributed by atoms with Crippen LogP contribution in [0.5, 0.6) is 11.5 Å². The molecule has 0 fully saturated rings. The minimum absolute atomic E-state index is 0.0959. The summed E-state index contributed by atoms with van der Waals surface area (Å²) in [6.45, 7) is 5.89. The molecule has 3 aromatic rings. The lowest BCUT2D eigenvalue weighted by Gasteiger charge is -2.24. The van der Waals surface area contributed by atoms with Gasteiger partial charge in [-0.3, -0.25) is 10.0 Å². The monoisotopic (exact) mass is 487 g/mol. The molecule has 1 aliphatic rings. The van der Waals surface area contributed by atoms with E-state index < -0.39 is 5.97 Å². The van der Waals surface area contributed by atoms with E-state index in [0.717, 1.165) is 5.56 Å². The number of aliphatic carboxylic acids is 1. The Morgan fingerprint density at radius 2 is 1.56 bits per heavy atom. The van der Waals surface area contributed by atoms with Crippen molar-refractivity contribution in [1.29, 1.82) is 0 Å². The minimum Gasteiger partial charge on any atom is -0.478 e. The number of nitrogens with zero attached hydrogens (tertiary/aromatic N) is 3. The number of aliphatic imine (C=N–C) groups is 1. The summed E-state index contributed by atoms with van der Waals surface area (Å²) in [6, 6.07) is 18.8. The Kier molecular flexibility index (Phi) is 7.34. The molecule has 0 bridgehead atoms. The molecule has 4 rings (SSSR count). The molecule has 0 aliphatic carbocycles. The molecular weight excluding hydrogens is 464 g/mol. The molecule has 3 aromatic carbocycles. The van der Waals surface area contributed by atoms with Crippen LogP contribution >= 0.6 is 0 Å². The Morgan fingerprint density at radius 1 is 1.00 bits per heavy atom. The summed E-state index contributed by atoms with van der Waals surface area (Å²) in [4.78, 5) is 16.6. The summed E-state index contributed by atoms with van der Waals surface area (Å²) in [5, 5.41) is 15.6. The van der Waals surface area contributed by atoms with Crippen LogP contribution in [0.15, 0.2) is 106 Å². The lowest BCUT2D eigenvalue weighted by Crippen LogP contribution is -2.22. The van der Waals surface area contributed by atoms with Crippen LogP contribution < -0.4 is 4.74 Å². The number of hydrazone groups is 1. The van der Waals surface area contributed by atoms with E-state index in [4.69, 9.17) is 4.74 Å². The van der Waals surface area contributed by atoms with Crippen LogP contribution in [0.3, 0.4) is 0 Å². The van der Waals surface area contributed by atoms with Crippen molar-refractivity contribution in [2.45, 2.75) is 13.5 Å². The second-order valence-electron chi connectivity index (χ2n) is 8.03. The first-order chi connectivity index (χ1) is 17.3. The maximum absolute atomic E-state index is 13.3. The largest absolute Gasteiger partial charge is 0.478 e. The van der Waals surface area contributed by atoms with Crippen molar-refractivity contribution in [3.63, 3.8) is 0 Å². The summed E-state index contributed by atoms with van der Waals surface area (Å²) >= 11 is 0. The number of dihydropyridines is 1. The van der Waals surface area contributed by atoms with Gasteiger partial charge in [0.2, 0.25) is 0 Å². The number of allylic oxidation sites excluding steroid dienone is 2. The summed E-state index contributed by atoms with van der Waals surface area (Å²) in [5.41, 5.74) is 3.20. The maximum atomic E-state index is 13.3. The van der Waals surface area contributed by atoms with E-state index in [1.54, 1.807) is 48.3 Å². The fourth-order valence-corrected chi connectivity index (χ4v) is 3.72. The highest BCUT2D eigenvalue weighted by Gasteiger charge is 2.23. The molecule has 0 aromatic heterocycles. The molecule has 0 saturated heterocycles. The van der Waals surface area contributed by atoms with E-state index in [-0.39, 0.29) is 23.8 Å². The van der Waals surface area contributed by atoms with Crippen molar-refractivity contribution < 1.29 is 23.4 Å². The zero-order chi connectivity index (χ0) is 25.7. The predicted molar refractivity (Wildman–Crippen MR) is 134 cm³/mol. The van der Waals surface area contributed by atoms with E-state index >= 15 is 0 Å². The third kappa shape index (κ3) is 5.72. The second-order valence-corrected chi connectivity index (χ2v) is 8.03. The molecule has 0 spiro atoms. The third-order valence-electron chi connectivity index (χ3n) is 5.68. The molecule has 6 nitrogen and oxygen atoms in total. The predicted octanol–water partition coefficient (Wildman–Crippen LogP) is 5.96. The smallest absolute Gasteiger partial charge is 0.336 e. The van der Waals surface area contributed by atoms with Gasteiger partial charge in [-0.25, -0.2) is 13.6 Å². The molecule has 1 heterocycles. The van der Waals surface area contributed by atoms with E-state index in [1.165, 1.54) is 30.3 Å². The van der Waals surface area contributed by atoms with Crippen LogP contribution in [0.4, 0.5) is 8.78 Å². The normalized spacial score (nSPS) is 14.4. The number of carbonyl (C=O) groups is 1. The zero-order valence-electron chi connectivity index (χ0n) is 19.5. The summed E-state index contributed by atoms with van der Waals surface area (Å²) in [5.74, 6) is -0.702. The lowest BCUT2D eigenvalue weighted by atomic mass is 9.96. The Morgan fingerprint density at radius 3 is 2.11 bits per heavy atom. The van der Waals surface area contributed by atoms with Crippen molar-refractivity contribution in [2.24, 2.45) is 10.1 Å². The highest BCUT2D eigenvalue weighted by molar-refractivity contribution is 6.14. The van der Waals surface area contributed by atoms with Gasteiger partial charge in [-0.15, -0.1) is 0 Å². The minimum atomic E-state index is -1.09. The van der Waals surface area contributed by atoms with Gasteiger partial charge < -0.3 is 9.84 Å². The highest BCUT2D eigenvalue weighted by atomic mass is 19.1. The second kappa shape index (κ2) is 10.8. The van der Waals surface area contributed by atoms with Crippen LogP contribution in [0.25, 0.3) is 0 Å². The first-order valence-corrected chi connectivity index (χ1v) is 11.1. The molecule has 36 heavy (non-hydrogen) atoms. The van der Waals surface area contributed by atoms with Gasteiger partial charge in [-0.1, -0.05) is 12.1 Å². The standard InChI is InChI=1S/C28H23F2N3O3/c1-18(26-16-32-27(15-25(26)28(34)35)20-5-7-21(29)8-6-20)33(31-2)17-19-3-11-23(12-4-19)36-24-13-9-22(30)10-14-24/h3-15H,2,16-17H2,1H3,(H,34,35)/b26-18+. The molecule has 0 amide bonds. The SMILES string of the molecule is C=NN(Cc1ccc(Oc2ccc(F)cc2)cc1)/C(C)=C1\CN=C(c2ccc(F)cc2)C=C1C(=O)O. The molecular formula is C28H23F2N3O3. The van der Waals surface area contributed by atoms with Gasteiger partial charge in [0.15, 0.2) is 0 Å². The van der Waals surface area contributed by atoms with Gasteiger partial charge >= 0.3 is 5.97 Å². The van der Waals surface area contributed by atoms with Crippen LogP contribution in [0.2, 0.25) is 0 Å².